The Morgan fingerprint density at radius 1 is 1.10 bits per heavy atom. The minimum Gasteiger partial charge on any atom is -0.491 e. The number of rotatable bonds is 8. The van der Waals surface area contributed by atoms with Crippen molar-refractivity contribution in [1.29, 1.82) is 0 Å². The van der Waals surface area contributed by atoms with Crippen molar-refractivity contribution in [2.75, 3.05) is 51.3 Å². The highest BCUT2D eigenvalue weighted by molar-refractivity contribution is 5.72. The number of aliphatic hydroxyl groups is 1. The number of carbonyl (C=O) groups excluding carboxylic acids is 1. The molecule has 2 aromatic rings. The predicted molar refractivity (Wildman–Crippen MR) is 113 cm³/mol. The SMILES string of the molecule is COC(=O)Cc1ccc(OCC(O)CN2CCN(c3cccc(C)c3)CC2)cc1. The van der Waals surface area contributed by atoms with E-state index in [-0.39, 0.29) is 19.0 Å². The monoisotopic (exact) mass is 398 g/mol. The van der Waals surface area contributed by atoms with Gasteiger partial charge in [0, 0.05) is 38.4 Å². The number of aryl methyl sites for hydroxylation is 1. The lowest BCUT2D eigenvalue weighted by atomic mass is 10.1. The van der Waals surface area contributed by atoms with E-state index in [1.54, 1.807) is 0 Å². The van der Waals surface area contributed by atoms with Crippen LogP contribution >= 0.6 is 0 Å². The van der Waals surface area contributed by atoms with Crippen LogP contribution in [0.25, 0.3) is 0 Å². The molecule has 29 heavy (non-hydrogen) atoms. The van der Waals surface area contributed by atoms with Crippen molar-refractivity contribution in [1.82, 2.24) is 4.90 Å². The van der Waals surface area contributed by atoms with Gasteiger partial charge in [0.25, 0.3) is 0 Å². The Bertz CT molecular complexity index is 786. The first-order valence-corrected chi connectivity index (χ1v) is 10.0. The third-order valence-corrected chi connectivity index (χ3v) is 5.15. The molecule has 6 heteroatoms. The molecule has 6 nitrogen and oxygen atoms in total. The van der Waals surface area contributed by atoms with Gasteiger partial charge in [-0.05, 0) is 42.3 Å². The lowest BCUT2D eigenvalue weighted by Crippen LogP contribution is -2.49. The number of hydrogen-bond donors (Lipinski definition) is 1. The molecule has 0 radical (unpaired) electrons. The molecule has 0 aromatic heterocycles. The maximum atomic E-state index is 11.3. The molecule has 156 valence electrons. The molecule has 1 atom stereocenters. The largest absolute Gasteiger partial charge is 0.491 e. The number of anilines is 1. The van der Waals surface area contributed by atoms with Crippen LogP contribution < -0.4 is 9.64 Å². The zero-order valence-corrected chi connectivity index (χ0v) is 17.2. The van der Waals surface area contributed by atoms with Gasteiger partial charge in [0.2, 0.25) is 0 Å². The lowest BCUT2D eigenvalue weighted by molar-refractivity contribution is -0.139. The summed E-state index contributed by atoms with van der Waals surface area (Å²) in [5, 5.41) is 10.3. The minimum atomic E-state index is -0.546. The van der Waals surface area contributed by atoms with Crippen LogP contribution in [0.15, 0.2) is 48.5 Å². The number of esters is 1. The fraction of sp³-hybridized carbons (Fsp3) is 0.435. The van der Waals surface area contributed by atoms with Gasteiger partial charge in [-0.3, -0.25) is 9.69 Å². The van der Waals surface area contributed by atoms with Gasteiger partial charge in [-0.1, -0.05) is 24.3 Å². The summed E-state index contributed by atoms with van der Waals surface area (Å²) in [7, 11) is 1.38. The lowest BCUT2D eigenvalue weighted by Gasteiger charge is -2.37. The van der Waals surface area contributed by atoms with Crippen molar-refractivity contribution in [3.63, 3.8) is 0 Å². The number of methoxy groups -OCH3 is 1. The molecule has 0 saturated carbocycles. The van der Waals surface area contributed by atoms with Gasteiger partial charge in [-0.15, -0.1) is 0 Å². The molecule has 1 heterocycles. The first-order valence-electron chi connectivity index (χ1n) is 10.0. The number of nitrogens with zero attached hydrogens (tertiary/aromatic N) is 2. The molecule has 1 N–H and O–H groups in total. The highest BCUT2D eigenvalue weighted by Crippen LogP contribution is 2.18. The summed E-state index contributed by atoms with van der Waals surface area (Å²) >= 11 is 0. The predicted octanol–water partition coefficient (Wildman–Crippen LogP) is 2.27. The molecular weight excluding hydrogens is 368 g/mol. The summed E-state index contributed by atoms with van der Waals surface area (Å²) in [4.78, 5) is 16.0. The van der Waals surface area contributed by atoms with Crippen LogP contribution in [0.4, 0.5) is 5.69 Å². The zero-order valence-electron chi connectivity index (χ0n) is 17.2. The number of benzene rings is 2. The van der Waals surface area contributed by atoms with Crippen molar-refractivity contribution in [3.8, 4) is 5.75 Å². The summed E-state index contributed by atoms with van der Waals surface area (Å²) in [6.07, 6.45) is -0.302. The molecule has 0 spiro atoms. The molecule has 1 aliphatic rings. The van der Waals surface area contributed by atoms with Crippen molar-refractivity contribution in [3.05, 3.63) is 59.7 Å². The van der Waals surface area contributed by atoms with Gasteiger partial charge >= 0.3 is 5.97 Å². The Kier molecular flexibility index (Phi) is 7.49. The molecule has 1 unspecified atom stereocenters. The van der Waals surface area contributed by atoms with Crippen molar-refractivity contribution >= 4 is 11.7 Å². The van der Waals surface area contributed by atoms with E-state index in [9.17, 15) is 9.90 Å². The summed E-state index contributed by atoms with van der Waals surface area (Å²) in [5.41, 5.74) is 3.41. The Hall–Kier alpha value is -2.57. The number of aliphatic hydroxyl groups excluding tert-OH is 1. The third-order valence-electron chi connectivity index (χ3n) is 5.15. The average Bonchev–Trinajstić information content (AvgIpc) is 2.73. The first kappa shape index (κ1) is 21.1. The van der Waals surface area contributed by atoms with Gasteiger partial charge in [0.15, 0.2) is 0 Å². The standard InChI is InChI=1S/C23H30N2O4/c1-18-4-3-5-20(14-18)25-12-10-24(11-13-25)16-21(26)17-29-22-8-6-19(7-9-22)15-23(27)28-2/h3-9,14,21,26H,10-13,15-17H2,1-2H3. The Labute approximate surface area is 172 Å². The van der Waals surface area contributed by atoms with Crippen LogP contribution in [0.5, 0.6) is 5.75 Å². The van der Waals surface area contributed by atoms with Crippen LogP contribution in [0.3, 0.4) is 0 Å². The van der Waals surface area contributed by atoms with Crippen LogP contribution in [0, 0.1) is 6.92 Å². The van der Waals surface area contributed by atoms with E-state index >= 15 is 0 Å². The van der Waals surface area contributed by atoms with Crippen LogP contribution in [-0.2, 0) is 16.0 Å². The van der Waals surface area contributed by atoms with Crippen LogP contribution in [-0.4, -0.2) is 68.5 Å². The van der Waals surface area contributed by atoms with Crippen molar-refractivity contribution in [2.24, 2.45) is 0 Å². The van der Waals surface area contributed by atoms with E-state index in [1.165, 1.54) is 18.4 Å². The van der Waals surface area contributed by atoms with E-state index in [2.05, 4.69) is 45.7 Å². The summed E-state index contributed by atoms with van der Waals surface area (Å²) in [6.45, 7) is 6.72. The Morgan fingerprint density at radius 3 is 2.48 bits per heavy atom. The van der Waals surface area contributed by atoms with Crippen LogP contribution in [0.1, 0.15) is 11.1 Å². The number of carbonyl (C=O) groups is 1. The summed E-state index contributed by atoms with van der Waals surface area (Å²) in [5.74, 6) is 0.415. The summed E-state index contributed by atoms with van der Waals surface area (Å²) in [6, 6.07) is 15.9. The topological polar surface area (TPSA) is 62.2 Å². The van der Waals surface area contributed by atoms with Gasteiger partial charge < -0.3 is 19.5 Å². The maximum Gasteiger partial charge on any atom is 0.309 e. The number of ether oxygens (including phenoxy) is 2. The van der Waals surface area contributed by atoms with E-state index in [0.717, 1.165) is 31.7 Å². The van der Waals surface area contributed by atoms with Crippen LogP contribution in [0.2, 0.25) is 0 Å². The van der Waals surface area contributed by atoms with Crippen molar-refractivity contribution in [2.45, 2.75) is 19.4 Å². The molecule has 1 aliphatic heterocycles. The fourth-order valence-electron chi connectivity index (χ4n) is 3.50. The molecular formula is C23H30N2O4. The van der Waals surface area contributed by atoms with E-state index in [4.69, 9.17) is 4.74 Å². The first-order chi connectivity index (χ1) is 14.0. The van der Waals surface area contributed by atoms with E-state index < -0.39 is 6.10 Å². The van der Waals surface area contributed by atoms with E-state index in [0.29, 0.717) is 12.3 Å². The average molecular weight is 399 g/mol. The van der Waals surface area contributed by atoms with E-state index in [1.807, 2.05) is 24.3 Å². The fourth-order valence-corrected chi connectivity index (χ4v) is 3.50. The maximum absolute atomic E-state index is 11.3. The number of β-amino-alcohol motifs (C(OH)–C–C–N with tert-alkyl or cyclic N) is 1. The molecule has 1 saturated heterocycles. The zero-order chi connectivity index (χ0) is 20.6. The number of hydrogen-bond acceptors (Lipinski definition) is 6. The second-order valence-electron chi connectivity index (χ2n) is 7.49. The van der Waals surface area contributed by atoms with Gasteiger partial charge in [0.1, 0.15) is 18.5 Å². The van der Waals surface area contributed by atoms with Gasteiger partial charge in [-0.25, -0.2) is 0 Å². The Balaban J connectivity index is 1.39. The van der Waals surface area contributed by atoms with Gasteiger partial charge in [0.05, 0.1) is 13.5 Å². The molecule has 0 bridgehead atoms. The quantitative estimate of drug-likeness (QED) is 0.689. The molecule has 3 rings (SSSR count). The Morgan fingerprint density at radius 2 is 1.83 bits per heavy atom. The van der Waals surface area contributed by atoms with Crippen molar-refractivity contribution < 1.29 is 19.4 Å². The number of piperazine rings is 1. The molecule has 0 amide bonds. The summed E-state index contributed by atoms with van der Waals surface area (Å²) < 4.78 is 10.4. The molecule has 2 aromatic carbocycles. The second-order valence-corrected chi connectivity index (χ2v) is 7.49. The highest BCUT2D eigenvalue weighted by Gasteiger charge is 2.20. The molecule has 0 aliphatic carbocycles. The normalized spacial score (nSPS) is 15.8. The highest BCUT2D eigenvalue weighted by atomic mass is 16.5. The molecule has 1 fully saturated rings. The van der Waals surface area contributed by atoms with Gasteiger partial charge in [-0.2, -0.15) is 0 Å². The smallest absolute Gasteiger partial charge is 0.309 e. The second kappa shape index (κ2) is 10.3. The minimum absolute atomic E-state index is 0.244. The third kappa shape index (κ3) is 6.48.